The van der Waals surface area contributed by atoms with Gasteiger partial charge in [0.1, 0.15) is 5.84 Å². The van der Waals surface area contributed by atoms with Crippen molar-refractivity contribution in [3.05, 3.63) is 187 Å². The summed E-state index contributed by atoms with van der Waals surface area (Å²) < 4.78 is 0. The van der Waals surface area contributed by atoms with Crippen LogP contribution in [-0.4, -0.2) is 16.7 Å². The zero-order valence-electron chi connectivity index (χ0n) is 26.0. The van der Waals surface area contributed by atoms with Crippen LogP contribution < -0.4 is 5.32 Å². The third-order valence-corrected chi connectivity index (χ3v) is 8.78. The molecule has 0 amide bonds. The number of hydrogen-bond donors (Lipinski definition) is 1. The number of aromatic nitrogens is 1. The van der Waals surface area contributed by atoms with Gasteiger partial charge in [-0.1, -0.05) is 127 Å². The SMILES string of the molecule is CC1(c2ccccc2)N=C(c2cc(-c3ccc(-c4cccnc4)cc3)cc(-c3ccc4ccccc4c3)c2)N=C(c2ccccc2)N1. The fourth-order valence-electron chi connectivity index (χ4n) is 6.24. The second kappa shape index (κ2) is 12.0. The molecule has 0 saturated carbocycles. The Balaban J connectivity index is 1.31. The first kappa shape index (κ1) is 28.4. The highest BCUT2D eigenvalue weighted by Crippen LogP contribution is 2.34. The zero-order chi connectivity index (χ0) is 31.6. The maximum atomic E-state index is 5.31. The Morgan fingerprint density at radius 1 is 0.468 bits per heavy atom. The van der Waals surface area contributed by atoms with E-state index in [2.05, 4.69) is 145 Å². The molecule has 1 aromatic heterocycles. The number of aliphatic imine (C=N–C) groups is 2. The Bertz CT molecular complexity index is 2260. The molecule has 2 heterocycles. The van der Waals surface area contributed by atoms with Crippen LogP contribution in [0.25, 0.3) is 44.2 Å². The molecular formula is C43H32N4. The molecule has 47 heavy (non-hydrogen) atoms. The molecule has 1 aliphatic heterocycles. The minimum absolute atomic E-state index is 0.685. The van der Waals surface area contributed by atoms with Gasteiger partial charge in [-0.15, -0.1) is 0 Å². The molecule has 224 valence electrons. The Morgan fingerprint density at radius 2 is 1.06 bits per heavy atom. The van der Waals surface area contributed by atoms with E-state index in [-0.39, 0.29) is 0 Å². The van der Waals surface area contributed by atoms with E-state index in [9.17, 15) is 0 Å². The number of amidine groups is 2. The summed E-state index contributed by atoms with van der Waals surface area (Å²) in [5.74, 6) is 1.48. The lowest BCUT2D eigenvalue weighted by Gasteiger charge is -2.33. The van der Waals surface area contributed by atoms with Crippen LogP contribution in [0.5, 0.6) is 0 Å². The summed E-state index contributed by atoms with van der Waals surface area (Å²) in [4.78, 5) is 14.8. The van der Waals surface area contributed by atoms with E-state index in [1.165, 1.54) is 10.8 Å². The van der Waals surface area contributed by atoms with Crippen molar-refractivity contribution in [2.75, 3.05) is 0 Å². The van der Waals surface area contributed by atoms with E-state index >= 15 is 0 Å². The Hall–Kier alpha value is -6.13. The third kappa shape index (κ3) is 5.73. The highest BCUT2D eigenvalue weighted by atomic mass is 15.2. The largest absolute Gasteiger partial charge is 0.342 e. The van der Waals surface area contributed by atoms with Crippen LogP contribution in [0.15, 0.2) is 180 Å². The van der Waals surface area contributed by atoms with Crippen molar-refractivity contribution < 1.29 is 0 Å². The molecule has 1 N–H and O–H groups in total. The number of pyridine rings is 1. The van der Waals surface area contributed by atoms with Gasteiger partial charge in [-0.05, 0) is 87.0 Å². The predicted molar refractivity (Wildman–Crippen MR) is 194 cm³/mol. The van der Waals surface area contributed by atoms with E-state index in [0.29, 0.717) is 5.84 Å². The summed E-state index contributed by atoms with van der Waals surface area (Å²) in [7, 11) is 0. The fraction of sp³-hybridized carbons (Fsp3) is 0.0465. The number of hydrogen-bond acceptors (Lipinski definition) is 4. The van der Waals surface area contributed by atoms with Crippen LogP contribution in [0.1, 0.15) is 23.6 Å². The molecule has 1 atom stereocenters. The normalized spacial score (nSPS) is 15.9. The van der Waals surface area contributed by atoms with Gasteiger partial charge in [0.2, 0.25) is 0 Å². The van der Waals surface area contributed by atoms with Crippen LogP contribution in [-0.2, 0) is 5.66 Å². The van der Waals surface area contributed by atoms with Gasteiger partial charge < -0.3 is 5.32 Å². The molecule has 0 saturated heterocycles. The minimum atomic E-state index is -0.714. The van der Waals surface area contributed by atoms with Crippen molar-refractivity contribution in [2.24, 2.45) is 9.98 Å². The summed E-state index contributed by atoms with van der Waals surface area (Å²) in [5.41, 5.74) is 9.02. The molecular weight excluding hydrogens is 573 g/mol. The van der Waals surface area contributed by atoms with Gasteiger partial charge >= 0.3 is 0 Å². The van der Waals surface area contributed by atoms with Gasteiger partial charge in [0, 0.05) is 23.5 Å². The van der Waals surface area contributed by atoms with Crippen LogP contribution in [0.4, 0.5) is 0 Å². The van der Waals surface area contributed by atoms with E-state index in [1.807, 2.05) is 36.5 Å². The van der Waals surface area contributed by atoms with Crippen molar-refractivity contribution >= 4 is 22.4 Å². The standard InChI is InChI=1S/C43H32N4/c1-43(40-16-6-3-7-17-40)46-41(33-12-4-2-5-13-33)45-42(47-43)39-27-37(32-20-18-31(19-21-32)36-15-10-24-44-29-36)26-38(28-39)35-23-22-30-11-8-9-14-34(30)25-35/h2-29H,1H3,(H,45,46,47). The van der Waals surface area contributed by atoms with Crippen LogP contribution in [0, 0.1) is 0 Å². The first-order valence-corrected chi connectivity index (χ1v) is 15.8. The fourth-order valence-corrected chi connectivity index (χ4v) is 6.24. The summed E-state index contributed by atoms with van der Waals surface area (Å²) in [5, 5.41) is 6.08. The second-order valence-electron chi connectivity index (χ2n) is 12.0. The molecule has 4 heteroatoms. The number of fused-ring (bicyclic) bond motifs is 1. The van der Waals surface area contributed by atoms with Crippen molar-refractivity contribution in [3.63, 3.8) is 0 Å². The molecule has 0 spiro atoms. The van der Waals surface area contributed by atoms with E-state index in [4.69, 9.17) is 9.98 Å². The lowest BCUT2D eigenvalue weighted by molar-refractivity contribution is 0.455. The van der Waals surface area contributed by atoms with Gasteiger partial charge in [0.05, 0.1) is 0 Å². The van der Waals surface area contributed by atoms with Gasteiger partial charge in [-0.2, -0.15) is 0 Å². The first-order valence-electron chi connectivity index (χ1n) is 15.8. The summed E-state index contributed by atoms with van der Waals surface area (Å²) in [6.45, 7) is 2.12. The van der Waals surface area contributed by atoms with Crippen molar-refractivity contribution in [3.8, 4) is 33.4 Å². The summed E-state index contributed by atoms with van der Waals surface area (Å²) >= 11 is 0. The zero-order valence-corrected chi connectivity index (χ0v) is 26.0. The number of nitrogens with one attached hydrogen (secondary N) is 1. The van der Waals surface area contributed by atoms with E-state index in [1.54, 1.807) is 6.20 Å². The molecule has 0 radical (unpaired) electrons. The number of nitrogens with zero attached hydrogens (tertiary/aromatic N) is 3. The smallest absolute Gasteiger partial charge is 0.159 e. The average molecular weight is 605 g/mol. The highest BCUT2D eigenvalue weighted by molar-refractivity contribution is 6.14. The quantitative estimate of drug-likeness (QED) is 0.205. The van der Waals surface area contributed by atoms with Gasteiger partial charge in [0.25, 0.3) is 0 Å². The van der Waals surface area contributed by atoms with Crippen molar-refractivity contribution in [1.82, 2.24) is 10.3 Å². The lowest BCUT2D eigenvalue weighted by atomic mass is 9.93. The molecule has 0 fully saturated rings. The van der Waals surface area contributed by atoms with Crippen LogP contribution in [0.3, 0.4) is 0 Å². The predicted octanol–water partition coefficient (Wildman–Crippen LogP) is 9.91. The summed E-state index contributed by atoms with van der Waals surface area (Å²) in [6, 6.07) is 55.2. The van der Waals surface area contributed by atoms with E-state index < -0.39 is 5.66 Å². The Kier molecular flexibility index (Phi) is 7.23. The van der Waals surface area contributed by atoms with Crippen LogP contribution >= 0.6 is 0 Å². The summed E-state index contributed by atoms with van der Waals surface area (Å²) in [6.07, 6.45) is 3.70. The first-order chi connectivity index (χ1) is 23.1. The van der Waals surface area contributed by atoms with Gasteiger partial charge in [-0.25, -0.2) is 9.98 Å². The van der Waals surface area contributed by atoms with Crippen LogP contribution in [0.2, 0.25) is 0 Å². The Labute approximate surface area is 274 Å². The van der Waals surface area contributed by atoms with Crippen molar-refractivity contribution in [2.45, 2.75) is 12.6 Å². The average Bonchev–Trinajstić information content (AvgIpc) is 3.15. The maximum Gasteiger partial charge on any atom is 0.159 e. The Morgan fingerprint density at radius 3 is 1.79 bits per heavy atom. The minimum Gasteiger partial charge on any atom is -0.342 e. The second-order valence-corrected chi connectivity index (χ2v) is 12.0. The molecule has 8 rings (SSSR count). The number of rotatable bonds is 6. The monoisotopic (exact) mass is 604 g/mol. The molecule has 7 aromatic rings. The molecule has 0 aliphatic carbocycles. The molecule has 4 nitrogen and oxygen atoms in total. The number of benzene rings is 6. The molecule has 1 unspecified atom stereocenters. The lowest BCUT2D eigenvalue weighted by Crippen LogP contribution is -2.46. The highest BCUT2D eigenvalue weighted by Gasteiger charge is 2.32. The topological polar surface area (TPSA) is 49.6 Å². The molecule has 1 aliphatic rings. The molecule has 6 aromatic carbocycles. The van der Waals surface area contributed by atoms with E-state index in [0.717, 1.165) is 55.9 Å². The van der Waals surface area contributed by atoms with Gasteiger partial charge in [0.15, 0.2) is 11.5 Å². The van der Waals surface area contributed by atoms with Crippen molar-refractivity contribution in [1.29, 1.82) is 0 Å². The van der Waals surface area contributed by atoms with Gasteiger partial charge in [-0.3, -0.25) is 4.98 Å². The maximum absolute atomic E-state index is 5.31. The molecule has 0 bridgehead atoms. The third-order valence-electron chi connectivity index (χ3n) is 8.78.